The summed E-state index contributed by atoms with van der Waals surface area (Å²) in [6.45, 7) is 1.92. The number of nitrogens with zero attached hydrogens (tertiary/aromatic N) is 2. The highest BCUT2D eigenvalue weighted by Gasteiger charge is 2.24. The molecule has 4 rings (SSSR count). The number of anilines is 1. The molecule has 4 aromatic rings. The van der Waals surface area contributed by atoms with Crippen LogP contribution in [0.1, 0.15) is 23.1 Å². The standard InChI is InChI=1S/C22H17ClFN3O/c1-14-11-12-16(13-18(14)23)25-20(17-9-5-6-10-19(17)24)22-27-26-21(28-22)15-7-3-2-4-8-15/h2-13,20,25H,1H3. The van der Waals surface area contributed by atoms with Gasteiger partial charge in [0, 0.05) is 21.8 Å². The van der Waals surface area contributed by atoms with E-state index >= 15 is 0 Å². The summed E-state index contributed by atoms with van der Waals surface area (Å²) < 4.78 is 20.4. The quantitative estimate of drug-likeness (QED) is 0.449. The zero-order valence-corrected chi connectivity index (χ0v) is 15.8. The Morgan fingerprint density at radius 3 is 2.46 bits per heavy atom. The van der Waals surface area contributed by atoms with Crippen molar-refractivity contribution < 1.29 is 8.81 Å². The van der Waals surface area contributed by atoms with Crippen molar-refractivity contribution in [2.75, 3.05) is 5.32 Å². The van der Waals surface area contributed by atoms with E-state index in [9.17, 15) is 4.39 Å². The first-order valence-corrected chi connectivity index (χ1v) is 9.15. The number of halogens is 2. The van der Waals surface area contributed by atoms with Gasteiger partial charge in [-0.05, 0) is 42.8 Å². The van der Waals surface area contributed by atoms with E-state index in [-0.39, 0.29) is 11.7 Å². The van der Waals surface area contributed by atoms with Crippen LogP contribution in [-0.2, 0) is 0 Å². The summed E-state index contributed by atoms with van der Waals surface area (Å²) in [7, 11) is 0. The van der Waals surface area contributed by atoms with Crippen LogP contribution >= 0.6 is 11.6 Å². The van der Waals surface area contributed by atoms with Gasteiger partial charge in [0.2, 0.25) is 11.8 Å². The predicted molar refractivity (Wildman–Crippen MR) is 108 cm³/mol. The van der Waals surface area contributed by atoms with Gasteiger partial charge >= 0.3 is 0 Å². The second-order valence-electron chi connectivity index (χ2n) is 6.37. The maximum atomic E-state index is 14.5. The van der Waals surface area contributed by atoms with E-state index in [1.807, 2.05) is 49.4 Å². The second kappa shape index (κ2) is 7.82. The highest BCUT2D eigenvalue weighted by molar-refractivity contribution is 6.31. The van der Waals surface area contributed by atoms with Gasteiger partial charge in [-0.1, -0.05) is 54.1 Å². The molecule has 0 fully saturated rings. The maximum Gasteiger partial charge on any atom is 0.247 e. The molecule has 4 nitrogen and oxygen atoms in total. The predicted octanol–water partition coefficient (Wildman–Crippen LogP) is 6.04. The SMILES string of the molecule is Cc1ccc(NC(c2nnc(-c3ccccc3)o2)c2ccccc2F)cc1Cl. The van der Waals surface area contributed by atoms with Crippen molar-refractivity contribution in [1.29, 1.82) is 0 Å². The van der Waals surface area contributed by atoms with Gasteiger partial charge in [0.15, 0.2) is 0 Å². The van der Waals surface area contributed by atoms with Crippen molar-refractivity contribution in [1.82, 2.24) is 10.2 Å². The van der Waals surface area contributed by atoms with E-state index in [0.29, 0.717) is 16.5 Å². The molecule has 1 atom stereocenters. The number of aromatic nitrogens is 2. The van der Waals surface area contributed by atoms with Crippen LogP contribution in [0.25, 0.3) is 11.5 Å². The van der Waals surface area contributed by atoms with Gasteiger partial charge in [-0.25, -0.2) is 4.39 Å². The van der Waals surface area contributed by atoms with Gasteiger partial charge in [-0.2, -0.15) is 0 Å². The molecule has 0 bridgehead atoms. The molecule has 0 saturated carbocycles. The van der Waals surface area contributed by atoms with E-state index in [1.54, 1.807) is 24.3 Å². The molecular formula is C22H17ClFN3O. The molecule has 1 aromatic heterocycles. The first-order valence-electron chi connectivity index (χ1n) is 8.78. The molecule has 6 heteroatoms. The van der Waals surface area contributed by atoms with Crippen molar-refractivity contribution in [3.8, 4) is 11.5 Å². The molecule has 0 spiro atoms. The molecule has 0 radical (unpaired) electrons. The van der Waals surface area contributed by atoms with Crippen molar-refractivity contribution >= 4 is 17.3 Å². The van der Waals surface area contributed by atoms with Gasteiger partial charge in [0.1, 0.15) is 11.9 Å². The number of nitrogens with one attached hydrogen (secondary N) is 1. The van der Waals surface area contributed by atoms with Crippen LogP contribution in [0, 0.1) is 12.7 Å². The Bertz CT molecular complexity index is 1100. The van der Waals surface area contributed by atoms with Crippen molar-refractivity contribution in [2.24, 2.45) is 0 Å². The Morgan fingerprint density at radius 1 is 0.964 bits per heavy atom. The molecular weight excluding hydrogens is 377 g/mol. The van der Waals surface area contributed by atoms with Crippen LogP contribution in [0.4, 0.5) is 10.1 Å². The molecule has 0 amide bonds. The van der Waals surface area contributed by atoms with E-state index in [4.69, 9.17) is 16.0 Å². The summed E-state index contributed by atoms with van der Waals surface area (Å²) in [4.78, 5) is 0. The van der Waals surface area contributed by atoms with E-state index in [1.165, 1.54) is 6.07 Å². The molecule has 0 aliphatic heterocycles. The molecule has 28 heavy (non-hydrogen) atoms. The Labute approximate surface area is 167 Å². The molecule has 1 unspecified atom stereocenters. The number of aryl methyl sites for hydroxylation is 1. The van der Waals surface area contributed by atoms with Gasteiger partial charge in [-0.3, -0.25) is 0 Å². The lowest BCUT2D eigenvalue weighted by molar-refractivity contribution is 0.485. The minimum absolute atomic E-state index is 0.264. The van der Waals surface area contributed by atoms with Gasteiger partial charge in [0.05, 0.1) is 0 Å². The number of hydrogen-bond acceptors (Lipinski definition) is 4. The molecule has 0 aliphatic carbocycles. The highest BCUT2D eigenvalue weighted by Crippen LogP contribution is 2.31. The Morgan fingerprint density at radius 2 is 1.71 bits per heavy atom. The van der Waals surface area contributed by atoms with Crippen LogP contribution in [0.5, 0.6) is 0 Å². The van der Waals surface area contributed by atoms with Gasteiger partial charge in [0.25, 0.3) is 0 Å². The average molecular weight is 394 g/mol. The molecule has 1 heterocycles. The molecule has 0 saturated heterocycles. The van der Waals surface area contributed by atoms with Crippen molar-refractivity contribution in [2.45, 2.75) is 13.0 Å². The molecule has 1 N–H and O–H groups in total. The van der Waals surface area contributed by atoms with Crippen LogP contribution in [0.15, 0.2) is 77.2 Å². The molecule has 140 valence electrons. The minimum Gasteiger partial charge on any atom is -0.418 e. The Hall–Kier alpha value is -3.18. The highest BCUT2D eigenvalue weighted by atomic mass is 35.5. The van der Waals surface area contributed by atoms with Crippen LogP contribution in [0.2, 0.25) is 5.02 Å². The number of hydrogen-bond donors (Lipinski definition) is 1. The third-order valence-corrected chi connectivity index (χ3v) is 4.81. The first-order chi connectivity index (χ1) is 13.6. The summed E-state index contributed by atoms with van der Waals surface area (Å²) >= 11 is 6.24. The summed E-state index contributed by atoms with van der Waals surface area (Å²) in [6, 6.07) is 20.8. The van der Waals surface area contributed by atoms with Gasteiger partial charge < -0.3 is 9.73 Å². The fraction of sp³-hybridized carbons (Fsp3) is 0.0909. The second-order valence-corrected chi connectivity index (χ2v) is 6.78. The fourth-order valence-electron chi connectivity index (χ4n) is 2.88. The van der Waals surface area contributed by atoms with Gasteiger partial charge in [-0.15, -0.1) is 10.2 Å². The normalized spacial score (nSPS) is 12.0. The summed E-state index contributed by atoms with van der Waals surface area (Å²) in [6.07, 6.45) is 0. The maximum absolute atomic E-state index is 14.5. The fourth-order valence-corrected chi connectivity index (χ4v) is 3.06. The Kier molecular flexibility index (Phi) is 5.08. The van der Waals surface area contributed by atoms with Crippen LogP contribution in [0.3, 0.4) is 0 Å². The summed E-state index contributed by atoms with van der Waals surface area (Å²) in [5, 5.41) is 12.2. The third kappa shape index (κ3) is 3.75. The van der Waals surface area contributed by atoms with E-state index in [2.05, 4.69) is 15.5 Å². The largest absolute Gasteiger partial charge is 0.418 e. The lowest BCUT2D eigenvalue weighted by Gasteiger charge is -2.18. The zero-order chi connectivity index (χ0) is 19.5. The first kappa shape index (κ1) is 18.2. The van der Waals surface area contributed by atoms with Crippen LogP contribution in [-0.4, -0.2) is 10.2 Å². The topological polar surface area (TPSA) is 51.0 Å². The monoisotopic (exact) mass is 393 g/mol. The summed E-state index contributed by atoms with van der Waals surface area (Å²) in [5.74, 6) is 0.277. The van der Waals surface area contributed by atoms with Crippen LogP contribution < -0.4 is 5.32 Å². The lowest BCUT2D eigenvalue weighted by Crippen LogP contribution is -2.14. The minimum atomic E-state index is -0.662. The number of rotatable bonds is 5. The zero-order valence-electron chi connectivity index (χ0n) is 15.1. The average Bonchev–Trinajstić information content (AvgIpc) is 3.20. The smallest absolute Gasteiger partial charge is 0.247 e. The van der Waals surface area contributed by atoms with Crippen molar-refractivity contribution in [3.05, 3.63) is 101 Å². The van der Waals surface area contributed by atoms with Crippen molar-refractivity contribution in [3.63, 3.8) is 0 Å². The van der Waals surface area contributed by atoms with E-state index < -0.39 is 6.04 Å². The Balaban J connectivity index is 1.74. The molecule has 3 aromatic carbocycles. The third-order valence-electron chi connectivity index (χ3n) is 4.41. The summed E-state index contributed by atoms with van der Waals surface area (Å²) in [5.41, 5.74) is 2.89. The lowest BCUT2D eigenvalue weighted by atomic mass is 10.1. The van der Waals surface area contributed by atoms with E-state index in [0.717, 1.165) is 16.8 Å². The number of benzene rings is 3. The molecule has 0 aliphatic rings.